The third-order valence-electron chi connectivity index (χ3n) is 4.82. The number of piperidine rings is 1. The molecule has 0 radical (unpaired) electrons. The van der Waals surface area contributed by atoms with Crippen molar-refractivity contribution in [3.8, 4) is 0 Å². The molecule has 2 heterocycles. The highest BCUT2D eigenvalue weighted by molar-refractivity contribution is 4.91. The van der Waals surface area contributed by atoms with E-state index in [9.17, 15) is 0 Å². The maximum atomic E-state index is 3.68. The molecule has 0 bridgehead atoms. The van der Waals surface area contributed by atoms with E-state index in [-0.39, 0.29) is 0 Å². The third kappa shape index (κ3) is 3.69. The van der Waals surface area contributed by atoms with Gasteiger partial charge in [0.1, 0.15) is 0 Å². The Balaban J connectivity index is 0.000000686. The summed E-state index contributed by atoms with van der Waals surface area (Å²) in [6, 6.07) is 0. The van der Waals surface area contributed by atoms with Gasteiger partial charge in [-0.15, -0.1) is 0 Å². The molecule has 0 aromatic carbocycles. The maximum absolute atomic E-state index is 3.68. The van der Waals surface area contributed by atoms with E-state index >= 15 is 0 Å². The molecule has 2 saturated heterocycles. The van der Waals surface area contributed by atoms with Gasteiger partial charge in [-0.3, -0.25) is 0 Å². The van der Waals surface area contributed by atoms with Gasteiger partial charge >= 0.3 is 0 Å². The smallest absolute Gasteiger partial charge is 0.000784 e. The summed E-state index contributed by atoms with van der Waals surface area (Å²) in [5.74, 6) is 2.62. The summed E-state index contributed by atoms with van der Waals surface area (Å²) >= 11 is 0. The molecular formula is C15H32N2. The lowest BCUT2D eigenvalue weighted by Crippen LogP contribution is -2.40. The van der Waals surface area contributed by atoms with E-state index in [2.05, 4.69) is 31.4 Å². The molecule has 3 unspecified atom stereocenters. The van der Waals surface area contributed by atoms with Crippen LogP contribution in [-0.4, -0.2) is 26.2 Å². The highest BCUT2D eigenvalue weighted by Gasteiger charge is 2.37. The second-order valence-corrected chi connectivity index (χ2v) is 6.16. The van der Waals surface area contributed by atoms with Crippen molar-refractivity contribution < 1.29 is 0 Å². The average molecular weight is 240 g/mol. The Morgan fingerprint density at radius 2 is 1.71 bits per heavy atom. The summed E-state index contributed by atoms with van der Waals surface area (Å²) in [5, 5.41) is 7.21. The van der Waals surface area contributed by atoms with Gasteiger partial charge in [0, 0.05) is 6.54 Å². The Kier molecular flexibility index (Phi) is 5.94. The molecule has 2 nitrogen and oxygen atoms in total. The first-order valence-corrected chi connectivity index (χ1v) is 7.53. The second-order valence-electron chi connectivity index (χ2n) is 6.16. The molecule has 2 heteroatoms. The summed E-state index contributed by atoms with van der Waals surface area (Å²) in [4.78, 5) is 0. The zero-order valence-electron chi connectivity index (χ0n) is 12.5. The molecule has 2 aliphatic rings. The van der Waals surface area contributed by atoms with Crippen LogP contribution in [0.3, 0.4) is 0 Å². The summed E-state index contributed by atoms with van der Waals surface area (Å²) < 4.78 is 0. The summed E-state index contributed by atoms with van der Waals surface area (Å²) in [7, 11) is 0. The van der Waals surface area contributed by atoms with Crippen LogP contribution in [0.5, 0.6) is 0 Å². The standard InChI is InChI=1S/C13H26N2.C2H6/c1-10(2)13(3)6-11-4-5-14-7-12(11)8-15-9-13;1-2/h10-12,14-15H,4-9H2,1-3H3;1-2H3. The highest BCUT2D eigenvalue weighted by atomic mass is 14.9. The molecule has 2 aliphatic heterocycles. The molecule has 0 amide bonds. The van der Waals surface area contributed by atoms with E-state index in [1.807, 2.05) is 13.8 Å². The molecule has 102 valence electrons. The van der Waals surface area contributed by atoms with Crippen molar-refractivity contribution in [1.82, 2.24) is 10.6 Å². The van der Waals surface area contributed by atoms with E-state index in [1.54, 1.807) is 0 Å². The summed E-state index contributed by atoms with van der Waals surface area (Å²) in [6.45, 7) is 16.1. The lowest BCUT2D eigenvalue weighted by Gasteiger charge is -2.37. The Morgan fingerprint density at radius 3 is 2.35 bits per heavy atom. The van der Waals surface area contributed by atoms with E-state index in [1.165, 1.54) is 39.0 Å². The van der Waals surface area contributed by atoms with Crippen LogP contribution in [0, 0.1) is 23.2 Å². The molecule has 17 heavy (non-hydrogen) atoms. The van der Waals surface area contributed by atoms with Crippen LogP contribution in [-0.2, 0) is 0 Å². The van der Waals surface area contributed by atoms with Gasteiger partial charge in [0.05, 0.1) is 0 Å². The van der Waals surface area contributed by atoms with Crippen molar-refractivity contribution in [3.63, 3.8) is 0 Å². The van der Waals surface area contributed by atoms with Crippen LogP contribution < -0.4 is 10.6 Å². The Bertz CT molecular complexity index is 215. The van der Waals surface area contributed by atoms with Crippen molar-refractivity contribution >= 4 is 0 Å². The minimum Gasteiger partial charge on any atom is -0.316 e. The SMILES string of the molecule is CC.CC(C)C1(C)CNCC2CNCCC2C1. The quantitative estimate of drug-likeness (QED) is 0.736. The van der Waals surface area contributed by atoms with Gasteiger partial charge in [0.15, 0.2) is 0 Å². The minimum absolute atomic E-state index is 0.511. The van der Waals surface area contributed by atoms with E-state index in [0.717, 1.165) is 17.8 Å². The summed E-state index contributed by atoms with van der Waals surface area (Å²) in [5.41, 5.74) is 0.511. The normalized spacial score (nSPS) is 37.8. The van der Waals surface area contributed by atoms with Gasteiger partial charge < -0.3 is 10.6 Å². The first-order valence-electron chi connectivity index (χ1n) is 7.53. The van der Waals surface area contributed by atoms with Crippen molar-refractivity contribution in [1.29, 1.82) is 0 Å². The molecule has 2 rings (SSSR count). The van der Waals surface area contributed by atoms with Gasteiger partial charge in [0.2, 0.25) is 0 Å². The lowest BCUT2D eigenvalue weighted by atomic mass is 9.70. The zero-order chi connectivity index (χ0) is 12.9. The largest absolute Gasteiger partial charge is 0.316 e. The molecule has 3 atom stereocenters. The van der Waals surface area contributed by atoms with Crippen molar-refractivity contribution in [2.75, 3.05) is 26.2 Å². The van der Waals surface area contributed by atoms with E-state index in [0.29, 0.717) is 5.41 Å². The Morgan fingerprint density at radius 1 is 1.06 bits per heavy atom. The molecule has 2 fully saturated rings. The van der Waals surface area contributed by atoms with Crippen LogP contribution in [0.2, 0.25) is 0 Å². The zero-order valence-corrected chi connectivity index (χ0v) is 12.5. The topological polar surface area (TPSA) is 24.1 Å². The van der Waals surface area contributed by atoms with Crippen LogP contribution in [0.15, 0.2) is 0 Å². The molecule has 0 aromatic rings. The number of hydrogen-bond donors (Lipinski definition) is 2. The fraction of sp³-hybridized carbons (Fsp3) is 1.00. The monoisotopic (exact) mass is 240 g/mol. The molecule has 0 aromatic heterocycles. The van der Waals surface area contributed by atoms with E-state index < -0.39 is 0 Å². The summed E-state index contributed by atoms with van der Waals surface area (Å²) in [6.07, 6.45) is 2.80. The van der Waals surface area contributed by atoms with Crippen molar-refractivity contribution in [3.05, 3.63) is 0 Å². The van der Waals surface area contributed by atoms with Crippen molar-refractivity contribution in [2.24, 2.45) is 23.2 Å². The fourth-order valence-corrected chi connectivity index (χ4v) is 3.14. The average Bonchev–Trinajstić information content (AvgIpc) is 2.50. The Labute approximate surface area is 108 Å². The van der Waals surface area contributed by atoms with Gasteiger partial charge in [-0.05, 0) is 55.6 Å². The van der Waals surface area contributed by atoms with Crippen molar-refractivity contribution in [2.45, 2.75) is 47.5 Å². The number of nitrogens with one attached hydrogen (secondary N) is 2. The van der Waals surface area contributed by atoms with Gasteiger partial charge in [-0.25, -0.2) is 0 Å². The van der Waals surface area contributed by atoms with Crippen LogP contribution in [0.4, 0.5) is 0 Å². The van der Waals surface area contributed by atoms with Crippen LogP contribution >= 0.6 is 0 Å². The number of fused-ring (bicyclic) bond motifs is 1. The van der Waals surface area contributed by atoms with Gasteiger partial charge in [-0.2, -0.15) is 0 Å². The van der Waals surface area contributed by atoms with Crippen LogP contribution in [0.25, 0.3) is 0 Å². The number of hydrogen-bond acceptors (Lipinski definition) is 2. The first-order chi connectivity index (χ1) is 8.12. The number of rotatable bonds is 1. The molecule has 0 saturated carbocycles. The predicted octanol–water partition coefficient (Wildman–Crippen LogP) is 2.89. The Hall–Kier alpha value is -0.0800. The fourth-order valence-electron chi connectivity index (χ4n) is 3.14. The molecular weight excluding hydrogens is 208 g/mol. The van der Waals surface area contributed by atoms with E-state index in [4.69, 9.17) is 0 Å². The first kappa shape index (κ1) is 15.0. The lowest BCUT2D eigenvalue weighted by molar-refractivity contribution is 0.145. The maximum Gasteiger partial charge on any atom is 0.000784 e. The molecule has 0 spiro atoms. The predicted molar refractivity (Wildman–Crippen MR) is 76.2 cm³/mol. The highest BCUT2D eigenvalue weighted by Crippen LogP contribution is 2.39. The molecule has 2 N–H and O–H groups in total. The molecule has 0 aliphatic carbocycles. The minimum atomic E-state index is 0.511. The third-order valence-corrected chi connectivity index (χ3v) is 4.82. The van der Waals surface area contributed by atoms with Gasteiger partial charge in [0.25, 0.3) is 0 Å². The second kappa shape index (κ2) is 6.75. The van der Waals surface area contributed by atoms with Crippen LogP contribution in [0.1, 0.15) is 47.5 Å². The van der Waals surface area contributed by atoms with Gasteiger partial charge in [-0.1, -0.05) is 34.6 Å².